The molecule has 0 bridgehead atoms. The normalized spacial score (nSPS) is 12.1. The number of amides is 1. The largest absolute Gasteiger partial charge is 0.481 e. The predicted molar refractivity (Wildman–Crippen MR) is 98.7 cm³/mol. The van der Waals surface area contributed by atoms with Crippen molar-refractivity contribution in [2.75, 3.05) is 0 Å². The first-order valence-corrected chi connectivity index (χ1v) is 8.43. The maximum atomic E-state index is 12.6. The minimum atomic E-state index is -0.957. The number of benzene rings is 2. The molecule has 0 saturated heterocycles. The molecule has 1 atom stereocenters. The summed E-state index contributed by atoms with van der Waals surface area (Å²) in [5, 5.41) is 17.4. The monoisotopic (exact) mass is 351 g/mol. The second kappa shape index (κ2) is 7.39. The van der Waals surface area contributed by atoms with E-state index < -0.39 is 12.0 Å². The molecule has 1 amide bonds. The lowest BCUT2D eigenvalue weighted by Gasteiger charge is -2.19. The molecule has 1 unspecified atom stereocenters. The number of para-hydroxylation sites is 1. The quantitative estimate of drug-likeness (QED) is 0.715. The Labute approximate surface area is 151 Å². The van der Waals surface area contributed by atoms with Gasteiger partial charge in [-0.15, -0.1) is 0 Å². The molecule has 0 saturated carbocycles. The van der Waals surface area contributed by atoms with E-state index in [4.69, 9.17) is 0 Å². The molecule has 3 rings (SSSR count). The Balaban J connectivity index is 1.81. The van der Waals surface area contributed by atoms with E-state index in [1.807, 2.05) is 62.5 Å². The summed E-state index contributed by atoms with van der Waals surface area (Å²) in [6, 6.07) is 14.6. The third kappa shape index (κ3) is 3.74. The molecule has 0 aliphatic rings. The first kappa shape index (κ1) is 17.7. The third-order valence-electron chi connectivity index (χ3n) is 4.44. The van der Waals surface area contributed by atoms with Gasteiger partial charge in [-0.05, 0) is 24.1 Å². The van der Waals surface area contributed by atoms with Crippen molar-refractivity contribution in [3.05, 3.63) is 65.4 Å². The highest BCUT2D eigenvalue weighted by atomic mass is 16.4. The van der Waals surface area contributed by atoms with Gasteiger partial charge in [0, 0.05) is 12.4 Å². The molecule has 134 valence electrons. The van der Waals surface area contributed by atoms with Crippen molar-refractivity contribution in [2.24, 2.45) is 7.05 Å². The van der Waals surface area contributed by atoms with Crippen LogP contribution in [-0.2, 0) is 23.1 Å². The maximum absolute atomic E-state index is 12.6. The molecule has 1 aromatic heterocycles. The van der Waals surface area contributed by atoms with Crippen LogP contribution in [-0.4, -0.2) is 26.8 Å². The third-order valence-corrected chi connectivity index (χ3v) is 4.44. The molecule has 26 heavy (non-hydrogen) atoms. The van der Waals surface area contributed by atoms with Gasteiger partial charge in [0.05, 0.1) is 30.1 Å². The number of carbonyl (C=O) groups is 2. The van der Waals surface area contributed by atoms with Crippen molar-refractivity contribution in [2.45, 2.75) is 25.8 Å². The van der Waals surface area contributed by atoms with Gasteiger partial charge in [-0.1, -0.05) is 42.5 Å². The summed E-state index contributed by atoms with van der Waals surface area (Å²) in [7, 11) is 1.84. The highest BCUT2D eigenvalue weighted by molar-refractivity contribution is 5.88. The Hall–Kier alpha value is -3.15. The number of fused-ring (bicyclic) bond motifs is 1. The van der Waals surface area contributed by atoms with Crippen molar-refractivity contribution in [3.8, 4) is 0 Å². The fourth-order valence-electron chi connectivity index (χ4n) is 3.21. The number of aliphatic carboxylic acids is 1. The van der Waals surface area contributed by atoms with Crippen LogP contribution in [0.2, 0.25) is 0 Å². The standard InChI is InChI=1S/C20H21N3O3/c1-13-7-3-4-8-14(13)16(12-20(25)26)21-19(24)11-17-15-9-5-6-10-18(15)23(2)22-17/h3-10,16H,11-12H2,1-2H3,(H,21,24)(H,25,26). The fourth-order valence-corrected chi connectivity index (χ4v) is 3.21. The lowest BCUT2D eigenvalue weighted by molar-refractivity contribution is -0.137. The minimum absolute atomic E-state index is 0.101. The van der Waals surface area contributed by atoms with E-state index in [9.17, 15) is 14.7 Å². The predicted octanol–water partition coefficient (Wildman–Crippen LogP) is 2.76. The number of aryl methyl sites for hydroxylation is 2. The van der Waals surface area contributed by atoms with Crippen LogP contribution in [0.5, 0.6) is 0 Å². The Morgan fingerprint density at radius 1 is 1.15 bits per heavy atom. The minimum Gasteiger partial charge on any atom is -0.481 e. The Morgan fingerprint density at radius 2 is 1.85 bits per heavy atom. The molecule has 0 fully saturated rings. The lowest BCUT2D eigenvalue weighted by Crippen LogP contribution is -2.32. The van der Waals surface area contributed by atoms with Crippen LogP contribution in [0.1, 0.15) is 29.3 Å². The zero-order valence-corrected chi connectivity index (χ0v) is 14.8. The first-order valence-electron chi connectivity index (χ1n) is 8.43. The van der Waals surface area contributed by atoms with Crippen LogP contribution in [0.3, 0.4) is 0 Å². The zero-order chi connectivity index (χ0) is 18.7. The summed E-state index contributed by atoms with van der Waals surface area (Å²) in [4.78, 5) is 23.8. The molecule has 3 aromatic rings. The van der Waals surface area contributed by atoms with Gasteiger partial charge < -0.3 is 10.4 Å². The van der Waals surface area contributed by atoms with Crippen molar-refractivity contribution in [1.82, 2.24) is 15.1 Å². The van der Waals surface area contributed by atoms with Crippen LogP contribution in [0, 0.1) is 6.92 Å². The number of hydrogen-bond acceptors (Lipinski definition) is 3. The summed E-state index contributed by atoms with van der Waals surface area (Å²) in [6.07, 6.45) is -0.0666. The molecule has 0 aliphatic heterocycles. The van der Waals surface area contributed by atoms with Crippen LogP contribution in [0.15, 0.2) is 48.5 Å². The lowest BCUT2D eigenvalue weighted by atomic mass is 9.98. The van der Waals surface area contributed by atoms with Gasteiger partial charge in [0.15, 0.2) is 0 Å². The van der Waals surface area contributed by atoms with Gasteiger partial charge in [-0.25, -0.2) is 0 Å². The van der Waals surface area contributed by atoms with E-state index in [0.717, 1.165) is 22.0 Å². The van der Waals surface area contributed by atoms with Crippen LogP contribution in [0.25, 0.3) is 10.9 Å². The summed E-state index contributed by atoms with van der Waals surface area (Å²) in [5.41, 5.74) is 3.40. The molecule has 0 radical (unpaired) electrons. The molecule has 0 aliphatic carbocycles. The number of nitrogens with zero attached hydrogens (tertiary/aromatic N) is 2. The van der Waals surface area contributed by atoms with E-state index >= 15 is 0 Å². The van der Waals surface area contributed by atoms with Gasteiger partial charge in [0.2, 0.25) is 5.91 Å². The Kier molecular flexibility index (Phi) is 5.02. The second-order valence-electron chi connectivity index (χ2n) is 6.34. The molecular weight excluding hydrogens is 330 g/mol. The number of carboxylic acids is 1. The van der Waals surface area contributed by atoms with Crippen molar-refractivity contribution < 1.29 is 14.7 Å². The van der Waals surface area contributed by atoms with Crippen LogP contribution in [0.4, 0.5) is 0 Å². The molecule has 2 aromatic carbocycles. The first-order chi connectivity index (χ1) is 12.5. The summed E-state index contributed by atoms with van der Waals surface area (Å²) in [5.74, 6) is -1.20. The second-order valence-corrected chi connectivity index (χ2v) is 6.34. The van der Waals surface area contributed by atoms with Gasteiger partial charge in [0.25, 0.3) is 0 Å². The Bertz CT molecular complexity index is 962. The topological polar surface area (TPSA) is 84.2 Å². The molecule has 2 N–H and O–H groups in total. The number of hydrogen-bond donors (Lipinski definition) is 2. The van der Waals surface area contributed by atoms with E-state index in [-0.39, 0.29) is 18.7 Å². The highest BCUT2D eigenvalue weighted by Gasteiger charge is 2.21. The highest BCUT2D eigenvalue weighted by Crippen LogP contribution is 2.22. The Morgan fingerprint density at radius 3 is 2.58 bits per heavy atom. The zero-order valence-electron chi connectivity index (χ0n) is 14.8. The number of carboxylic acid groups (broad SMARTS) is 1. The molecule has 0 spiro atoms. The average Bonchev–Trinajstić information content (AvgIpc) is 2.90. The number of aromatic nitrogens is 2. The van der Waals surface area contributed by atoms with Crippen molar-refractivity contribution >= 4 is 22.8 Å². The van der Waals surface area contributed by atoms with Crippen LogP contribution < -0.4 is 5.32 Å². The van der Waals surface area contributed by atoms with E-state index in [0.29, 0.717) is 5.69 Å². The van der Waals surface area contributed by atoms with E-state index in [2.05, 4.69) is 10.4 Å². The van der Waals surface area contributed by atoms with Gasteiger partial charge in [-0.2, -0.15) is 5.10 Å². The molecule has 6 nitrogen and oxygen atoms in total. The molecule has 6 heteroatoms. The smallest absolute Gasteiger partial charge is 0.305 e. The summed E-state index contributed by atoms with van der Waals surface area (Å²) < 4.78 is 1.74. The van der Waals surface area contributed by atoms with Crippen molar-refractivity contribution in [3.63, 3.8) is 0 Å². The SMILES string of the molecule is Cc1ccccc1C(CC(=O)O)NC(=O)Cc1nn(C)c2ccccc12. The van der Waals surface area contributed by atoms with E-state index in [1.165, 1.54) is 0 Å². The maximum Gasteiger partial charge on any atom is 0.305 e. The fraction of sp³-hybridized carbons (Fsp3) is 0.250. The number of nitrogens with one attached hydrogen (secondary N) is 1. The molecular formula is C20H21N3O3. The van der Waals surface area contributed by atoms with E-state index in [1.54, 1.807) is 4.68 Å². The molecule has 1 heterocycles. The number of rotatable bonds is 6. The summed E-state index contributed by atoms with van der Waals surface area (Å²) >= 11 is 0. The number of carbonyl (C=O) groups excluding carboxylic acids is 1. The average molecular weight is 351 g/mol. The van der Waals surface area contributed by atoms with Gasteiger partial charge in [0.1, 0.15) is 0 Å². The van der Waals surface area contributed by atoms with Crippen molar-refractivity contribution in [1.29, 1.82) is 0 Å². The summed E-state index contributed by atoms with van der Waals surface area (Å²) in [6.45, 7) is 1.91. The van der Waals surface area contributed by atoms with Crippen LogP contribution >= 0.6 is 0 Å². The van der Waals surface area contributed by atoms with Gasteiger partial charge in [-0.3, -0.25) is 14.3 Å². The van der Waals surface area contributed by atoms with Gasteiger partial charge >= 0.3 is 5.97 Å².